The van der Waals surface area contributed by atoms with Crippen LogP contribution < -0.4 is 4.74 Å². The van der Waals surface area contributed by atoms with E-state index in [9.17, 15) is 13.2 Å². The van der Waals surface area contributed by atoms with E-state index in [4.69, 9.17) is 16.3 Å². The summed E-state index contributed by atoms with van der Waals surface area (Å²) in [6.45, 7) is 1.95. The van der Waals surface area contributed by atoms with Gasteiger partial charge in [-0.15, -0.1) is 0 Å². The Morgan fingerprint density at radius 2 is 1.81 bits per heavy atom. The number of fused-ring (bicyclic) bond motifs is 2. The first-order valence-electron chi connectivity index (χ1n) is 9.92. The number of sulfone groups is 1. The molecule has 0 N–H and O–H groups in total. The molecule has 1 aliphatic carbocycles. The van der Waals surface area contributed by atoms with Gasteiger partial charge >= 0.3 is 0 Å². The third-order valence-electron chi connectivity index (χ3n) is 6.01. The third-order valence-corrected chi connectivity index (χ3v) is 9.07. The molecule has 1 saturated carbocycles. The number of hydrogen-bond donors (Lipinski definition) is 0. The molecule has 0 amide bonds. The average molecular weight is 455 g/mol. The van der Waals surface area contributed by atoms with E-state index in [0.717, 1.165) is 5.56 Å². The summed E-state index contributed by atoms with van der Waals surface area (Å²) in [5.74, 6) is -0.369. The summed E-state index contributed by atoms with van der Waals surface area (Å²) in [6, 6.07) is 12.8. The Balaban J connectivity index is 1.67. The number of aryl methyl sites for hydroxylation is 1. The van der Waals surface area contributed by atoms with Crippen molar-refractivity contribution in [2.45, 2.75) is 36.4 Å². The van der Waals surface area contributed by atoms with Gasteiger partial charge in [-0.1, -0.05) is 48.0 Å². The number of aromatic nitrogens is 2. The van der Waals surface area contributed by atoms with Crippen LogP contribution in [0, 0.1) is 6.92 Å². The molecule has 31 heavy (non-hydrogen) atoms. The molecule has 2 aromatic carbocycles. The summed E-state index contributed by atoms with van der Waals surface area (Å²) in [5.41, 5.74) is 2.20. The van der Waals surface area contributed by atoms with Crippen LogP contribution in [-0.2, 0) is 21.2 Å². The van der Waals surface area contributed by atoms with Gasteiger partial charge in [0.15, 0.2) is 15.1 Å². The molecule has 2 heterocycles. The first-order valence-corrected chi connectivity index (χ1v) is 11.8. The normalized spacial score (nSPS) is 20.3. The van der Waals surface area contributed by atoms with Crippen molar-refractivity contribution in [2.24, 2.45) is 0 Å². The quantitative estimate of drug-likeness (QED) is 0.582. The number of ether oxygens (including phenoxy) is 1. The third kappa shape index (κ3) is 2.98. The first kappa shape index (κ1) is 20.2. The molecule has 1 atom stereocenters. The molecular formula is C23H19ClN2O4S. The number of nitrogens with zero attached hydrogens (tertiary/aromatic N) is 2. The van der Waals surface area contributed by atoms with E-state index < -0.39 is 25.6 Å². The number of carbonyl (C=O) groups excluding carboxylic acids is 1. The van der Waals surface area contributed by atoms with Gasteiger partial charge in [0.2, 0.25) is 5.78 Å². The highest BCUT2D eigenvalue weighted by molar-refractivity contribution is 7.93. The summed E-state index contributed by atoms with van der Waals surface area (Å²) in [5, 5.41) is -1.17. The Kier molecular flexibility index (Phi) is 4.64. The van der Waals surface area contributed by atoms with Crippen molar-refractivity contribution < 1.29 is 17.9 Å². The smallest absolute Gasteiger partial charge is 0.205 e. The Morgan fingerprint density at radius 3 is 2.52 bits per heavy atom. The molecule has 8 heteroatoms. The predicted octanol–water partition coefficient (Wildman–Crippen LogP) is 4.36. The number of Topliss-reactive ketones (excluding diaryl/α,β-unsaturated/α-hetero) is 1. The molecule has 1 aliphatic heterocycles. The lowest BCUT2D eigenvalue weighted by atomic mass is 9.97. The summed E-state index contributed by atoms with van der Waals surface area (Å²) in [7, 11) is -3.94. The highest BCUT2D eigenvalue weighted by Crippen LogP contribution is 2.61. The van der Waals surface area contributed by atoms with Crippen LogP contribution in [0.15, 0.2) is 54.9 Å². The van der Waals surface area contributed by atoms with Gasteiger partial charge in [0, 0.05) is 18.0 Å². The summed E-state index contributed by atoms with van der Waals surface area (Å²) >= 11 is 6.46. The van der Waals surface area contributed by atoms with Gasteiger partial charge in [-0.3, -0.25) is 9.78 Å². The van der Waals surface area contributed by atoms with E-state index in [1.807, 2.05) is 30.3 Å². The van der Waals surface area contributed by atoms with Crippen LogP contribution in [-0.4, -0.2) is 24.2 Å². The fourth-order valence-corrected chi connectivity index (χ4v) is 7.03. The van der Waals surface area contributed by atoms with Gasteiger partial charge in [-0.2, -0.15) is 0 Å². The van der Waals surface area contributed by atoms with Gasteiger partial charge < -0.3 is 4.74 Å². The minimum absolute atomic E-state index is 0.119. The molecule has 0 saturated heterocycles. The average Bonchev–Trinajstić information content (AvgIpc) is 3.58. The largest absolute Gasteiger partial charge is 0.487 e. The molecular weight excluding hydrogens is 436 g/mol. The van der Waals surface area contributed by atoms with E-state index in [-0.39, 0.29) is 34.3 Å². The Labute approximate surface area is 185 Å². The van der Waals surface area contributed by atoms with E-state index in [1.165, 1.54) is 12.4 Å². The van der Waals surface area contributed by atoms with Crippen molar-refractivity contribution in [1.29, 1.82) is 0 Å². The van der Waals surface area contributed by atoms with E-state index in [1.54, 1.807) is 19.1 Å². The zero-order chi connectivity index (χ0) is 21.8. The Morgan fingerprint density at radius 1 is 1.10 bits per heavy atom. The number of benzene rings is 2. The standard InChI is InChI=1S/C23H19ClN2O4S/c1-14-7-8-16(24)20(30-13-15-5-3-2-4-6-15)17(14)21-19(27)18-22(26-12-11-25-18)23(9-10-23)31(21,28)29/h2-8,11-12,21H,9-10,13H2,1H3. The molecule has 1 fully saturated rings. The van der Waals surface area contributed by atoms with Crippen LogP contribution >= 0.6 is 11.6 Å². The van der Waals surface area contributed by atoms with Crippen molar-refractivity contribution >= 4 is 27.2 Å². The molecule has 2 aliphatic rings. The van der Waals surface area contributed by atoms with Gasteiger partial charge in [0.25, 0.3) is 0 Å². The van der Waals surface area contributed by atoms with Gasteiger partial charge in [-0.25, -0.2) is 13.4 Å². The molecule has 1 spiro atoms. The number of halogens is 1. The van der Waals surface area contributed by atoms with Gasteiger partial charge in [-0.05, 0) is 37.0 Å². The Hall–Kier alpha value is -2.77. The summed E-state index contributed by atoms with van der Waals surface area (Å²) in [4.78, 5) is 21.9. The number of carbonyl (C=O) groups is 1. The van der Waals surface area contributed by atoms with Crippen molar-refractivity contribution in [1.82, 2.24) is 9.97 Å². The highest BCUT2D eigenvalue weighted by atomic mass is 35.5. The second-order valence-electron chi connectivity index (χ2n) is 7.92. The maximum Gasteiger partial charge on any atom is 0.205 e. The lowest BCUT2D eigenvalue weighted by Crippen LogP contribution is -2.40. The molecule has 158 valence electrons. The number of rotatable bonds is 4. The van der Waals surface area contributed by atoms with Gasteiger partial charge in [0.05, 0.1) is 10.7 Å². The second-order valence-corrected chi connectivity index (χ2v) is 10.7. The number of ketones is 1. The Bertz CT molecular complexity index is 1300. The summed E-state index contributed by atoms with van der Waals surface area (Å²) in [6.07, 6.45) is 3.69. The summed E-state index contributed by atoms with van der Waals surface area (Å²) < 4.78 is 32.4. The molecule has 1 unspecified atom stereocenters. The minimum atomic E-state index is -3.94. The molecule has 1 aromatic heterocycles. The predicted molar refractivity (Wildman–Crippen MR) is 116 cm³/mol. The van der Waals surface area contributed by atoms with Crippen molar-refractivity contribution in [3.63, 3.8) is 0 Å². The molecule has 0 radical (unpaired) electrons. The first-order chi connectivity index (χ1) is 14.9. The fourth-order valence-electron chi connectivity index (χ4n) is 4.27. The van der Waals surface area contributed by atoms with Crippen LogP contribution in [0.25, 0.3) is 0 Å². The number of hydrogen-bond acceptors (Lipinski definition) is 6. The van der Waals surface area contributed by atoms with Crippen LogP contribution in [0.2, 0.25) is 5.02 Å². The molecule has 3 aromatic rings. The maximum atomic E-state index is 13.8. The van der Waals surface area contributed by atoms with Crippen LogP contribution in [0.4, 0.5) is 0 Å². The zero-order valence-corrected chi connectivity index (χ0v) is 18.3. The highest BCUT2D eigenvalue weighted by Gasteiger charge is 2.66. The molecule has 0 bridgehead atoms. The fraction of sp³-hybridized carbons (Fsp3) is 0.261. The van der Waals surface area contributed by atoms with E-state index in [0.29, 0.717) is 18.4 Å². The van der Waals surface area contributed by atoms with E-state index in [2.05, 4.69) is 9.97 Å². The second kappa shape index (κ2) is 7.14. The minimum Gasteiger partial charge on any atom is -0.487 e. The monoisotopic (exact) mass is 454 g/mol. The zero-order valence-electron chi connectivity index (χ0n) is 16.7. The van der Waals surface area contributed by atoms with Gasteiger partial charge in [0.1, 0.15) is 22.8 Å². The van der Waals surface area contributed by atoms with Crippen molar-refractivity contribution in [3.05, 3.63) is 88.0 Å². The lowest BCUT2D eigenvalue weighted by Gasteiger charge is -2.31. The SMILES string of the molecule is Cc1ccc(Cl)c(OCc2ccccc2)c1C1C(=O)c2nccnc2C2(CC2)S1(=O)=O. The van der Waals surface area contributed by atoms with Crippen molar-refractivity contribution in [3.8, 4) is 5.75 Å². The van der Waals surface area contributed by atoms with Crippen LogP contribution in [0.1, 0.15) is 51.0 Å². The topological polar surface area (TPSA) is 86.2 Å². The lowest BCUT2D eigenvalue weighted by molar-refractivity contribution is 0.0974. The molecule has 6 nitrogen and oxygen atoms in total. The van der Waals surface area contributed by atoms with Crippen molar-refractivity contribution in [2.75, 3.05) is 0 Å². The van der Waals surface area contributed by atoms with E-state index >= 15 is 0 Å². The van der Waals surface area contributed by atoms with Crippen LogP contribution in [0.3, 0.4) is 0 Å². The van der Waals surface area contributed by atoms with Crippen LogP contribution in [0.5, 0.6) is 5.75 Å². The maximum absolute atomic E-state index is 13.8. The molecule has 5 rings (SSSR count).